The molecule has 1 heterocycles. The molecule has 6 atom stereocenters. The van der Waals surface area contributed by atoms with Crippen LogP contribution in [-0.2, 0) is 20.8 Å². The second-order valence-corrected chi connectivity index (χ2v) is 11.2. The van der Waals surface area contributed by atoms with Crippen LogP contribution in [0.5, 0.6) is 11.5 Å². The van der Waals surface area contributed by atoms with Gasteiger partial charge in [0.1, 0.15) is 5.75 Å². The molecule has 2 bridgehead atoms. The third-order valence-corrected chi connectivity index (χ3v) is 10.3. The molecule has 3 aliphatic rings. The molecule has 0 N–H and O–H groups in total. The Morgan fingerprint density at radius 2 is 1.64 bits per heavy atom. The van der Waals surface area contributed by atoms with Crippen molar-refractivity contribution in [3.8, 4) is 11.5 Å². The summed E-state index contributed by atoms with van der Waals surface area (Å²) in [6, 6.07) is 11.7. The molecule has 0 aromatic heterocycles. The number of carbonyl (C=O) groups excluding carboxylic acids is 3. The molecule has 2 amide bonds. The van der Waals surface area contributed by atoms with Gasteiger partial charge in [-0.3, -0.25) is 14.4 Å². The molecule has 5 rings (SSSR count). The van der Waals surface area contributed by atoms with Crippen molar-refractivity contribution in [2.24, 2.45) is 23.7 Å². The molecule has 0 spiro atoms. The maximum Gasteiger partial charge on any atom is 0.315 e. The van der Waals surface area contributed by atoms with E-state index in [4.69, 9.17) is 21.1 Å². The molecular formula is C24H20Br2ClNO5. The Bertz CT molecular complexity index is 1110. The highest BCUT2D eigenvalue weighted by atomic mass is 79.9. The summed E-state index contributed by atoms with van der Waals surface area (Å²) in [6.07, 6.45) is 0.867. The highest BCUT2D eigenvalue weighted by molar-refractivity contribution is 9.12. The number of fused-ring (bicyclic) bond motifs is 5. The summed E-state index contributed by atoms with van der Waals surface area (Å²) in [5, 5.41) is 0.345. The Kier molecular flexibility index (Phi) is 6.04. The zero-order chi connectivity index (χ0) is 23.4. The minimum atomic E-state index is -0.510. The lowest BCUT2D eigenvalue weighted by atomic mass is 9.81. The fourth-order valence-corrected chi connectivity index (χ4v) is 7.45. The van der Waals surface area contributed by atoms with Crippen LogP contribution in [0.25, 0.3) is 0 Å². The molecule has 9 heteroatoms. The van der Waals surface area contributed by atoms with Crippen LogP contribution in [0.4, 0.5) is 5.69 Å². The second-order valence-electron chi connectivity index (χ2n) is 8.63. The number of alkyl halides is 2. The van der Waals surface area contributed by atoms with E-state index in [2.05, 4.69) is 31.9 Å². The summed E-state index contributed by atoms with van der Waals surface area (Å²) in [7, 11) is 1.57. The number of ether oxygens (including phenoxy) is 2. The van der Waals surface area contributed by atoms with E-state index in [1.165, 1.54) is 17.0 Å². The van der Waals surface area contributed by atoms with E-state index in [0.717, 1.165) is 12.0 Å². The fourth-order valence-electron chi connectivity index (χ4n) is 5.41. The van der Waals surface area contributed by atoms with Gasteiger partial charge in [-0.1, -0.05) is 55.6 Å². The van der Waals surface area contributed by atoms with Gasteiger partial charge in [0.25, 0.3) is 0 Å². The zero-order valence-corrected chi connectivity index (χ0v) is 21.5. The van der Waals surface area contributed by atoms with Crippen LogP contribution in [0.2, 0.25) is 5.02 Å². The standard InChI is InChI=1S/C24H20Br2ClNO5/c1-32-13-5-2-11(3-6-13)8-18(29)33-17-7-4-12(27)9-16(17)28-23(30)19-14-10-15(20(19)24(28)31)22(26)21(14)25/h2-7,9,14-15,19-22H,8,10H2,1H3. The van der Waals surface area contributed by atoms with Crippen LogP contribution in [0.3, 0.4) is 0 Å². The van der Waals surface area contributed by atoms with Gasteiger partial charge in [0.15, 0.2) is 5.75 Å². The summed E-state index contributed by atoms with van der Waals surface area (Å²) in [5.41, 5.74) is 0.967. The van der Waals surface area contributed by atoms with E-state index < -0.39 is 5.97 Å². The van der Waals surface area contributed by atoms with Gasteiger partial charge in [0, 0.05) is 14.7 Å². The number of anilines is 1. The summed E-state index contributed by atoms with van der Waals surface area (Å²) in [6.45, 7) is 0. The Labute approximate surface area is 212 Å². The third kappa shape index (κ3) is 3.80. The van der Waals surface area contributed by atoms with Crippen molar-refractivity contribution in [3.05, 3.63) is 53.1 Å². The maximum absolute atomic E-state index is 13.4. The molecule has 1 aliphatic heterocycles. The first-order chi connectivity index (χ1) is 15.8. The summed E-state index contributed by atoms with van der Waals surface area (Å²) >= 11 is 13.6. The molecule has 2 saturated carbocycles. The first-order valence-electron chi connectivity index (χ1n) is 10.6. The zero-order valence-electron chi connectivity index (χ0n) is 17.5. The largest absolute Gasteiger partial charge is 0.497 e. The van der Waals surface area contributed by atoms with Crippen molar-refractivity contribution in [1.29, 1.82) is 0 Å². The van der Waals surface area contributed by atoms with E-state index in [0.29, 0.717) is 10.8 Å². The van der Waals surface area contributed by atoms with E-state index in [1.54, 1.807) is 37.4 Å². The Hall–Kier alpha value is -1.90. The van der Waals surface area contributed by atoms with Gasteiger partial charge in [-0.15, -0.1) is 0 Å². The lowest BCUT2D eigenvalue weighted by Gasteiger charge is -2.28. The predicted octanol–water partition coefficient (Wildman–Crippen LogP) is 4.78. The molecule has 172 valence electrons. The van der Waals surface area contributed by atoms with E-state index in [-0.39, 0.29) is 63.0 Å². The monoisotopic (exact) mass is 595 g/mol. The molecule has 0 radical (unpaired) electrons. The SMILES string of the molecule is COc1ccc(CC(=O)Oc2ccc(Cl)cc2N2C(=O)C3C4CC(C(Br)C4Br)C3C2=O)cc1. The van der Waals surface area contributed by atoms with Crippen LogP contribution in [0.15, 0.2) is 42.5 Å². The van der Waals surface area contributed by atoms with Crippen molar-refractivity contribution >= 4 is 66.9 Å². The molecule has 1 saturated heterocycles. The van der Waals surface area contributed by atoms with E-state index in [1.807, 2.05) is 0 Å². The number of carbonyl (C=O) groups is 3. The number of esters is 1. The van der Waals surface area contributed by atoms with Gasteiger partial charge in [0.05, 0.1) is 31.1 Å². The Balaban J connectivity index is 1.40. The second kappa shape index (κ2) is 8.71. The highest BCUT2D eigenvalue weighted by Crippen LogP contribution is 2.61. The van der Waals surface area contributed by atoms with Crippen molar-refractivity contribution in [2.75, 3.05) is 12.0 Å². The maximum atomic E-state index is 13.4. The number of hydrogen-bond acceptors (Lipinski definition) is 5. The highest BCUT2D eigenvalue weighted by Gasteiger charge is 2.66. The van der Waals surface area contributed by atoms with Crippen molar-refractivity contribution in [2.45, 2.75) is 22.5 Å². The minimum Gasteiger partial charge on any atom is -0.497 e. The Morgan fingerprint density at radius 1 is 1.03 bits per heavy atom. The molecule has 3 fully saturated rings. The summed E-state index contributed by atoms with van der Waals surface area (Å²) < 4.78 is 10.7. The number of rotatable bonds is 5. The molecule has 2 aliphatic carbocycles. The van der Waals surface area contributed by atoms with Crippen LogP contribution >= 0.6 is 43.5 Å². The van der Waals surface area contributed by atoms with Gasteiger partial charge in [0.2, 0.25) is 11.8 Å². The average Bonchev–Trinajstić information content (AvgIpc) is 3.40. The van der Waals surface area contributed by atoms with Gasteiger partial charge >= 0.3 is 5.97 Å². The van der Waals surface area contributed by atoms with Crippen LogP contribution in [-0.4, -0.2) is 34.5 Å². The van der Waals surface area contributed by atoms with E-state index in [9.17, 15) is 14.4 Å². The number of benzene rings is 2. The molecule has 2 aromatic carbocycles. The van der Waals surface area contributed by atoms with Crippen molar-refractivity contribution < 1.29 is 23.9 Å². The van der Waals surface area contributed by atoms with Crippen LogP contribution < -0.4 is 14.4 Å². The van der Waals surface area contributed by atoms with Gasteiger partial charge in [-0.25, -0.2) is 4.90 Å². The third-order valence-electron chi connectivity index (χ3n) is 6.88. The lowest BCUT2D eigenvalue weighted by molar-refractivity contribution is -0.134. The minimum absolute atomic E-state index is 0.0277. The lowest BCUT2D eigenvalue weighted by Crippen LogP contribution is -2.37. The molecule has 2 aromatic rings. The fraction of sp³-hybridized carbons (Fsp3) is 0.375. The molecule has 6 unspecified atom stereocenters. The summed E-state index contributed by atoms with van der Waals surface area (Å²) in [5.74, 6) is -0.759. The first kappa shape index (κ1) is 22.9. The Morgan fingerprint density at radius 3 is 2.21 bits per heavy atom. The number of halogens is 3. The predicted molar refractivity (Wildman–Crippen MR) is 130 cm³/mol. The normalized spacial score (nSPS) is 30.0. The van der Waals surface area contributed by atoms with Gasteiger partial charge in [-0.05, 0) is 54.2 Å². The van der Waals surface area contributed by atoms with Crippen LogP contribution in [0, 0.1) is 23.7 Å². The van der Waals surface area contributed by atoms with Crippen molar-refractivity contribution in [3.63, 3.8) is 0 Å². The smallest absolute Gasteiger partial charge is 0.315 e. The molecule has 6 nitrogen and oxygen atoms in total. The number of nitrogens with zero attached hydrogens (tertiary/aromatic N) is 1. The topological polar surface area (TPSA) is 72.9 Å². The average molecular weight is 598 g/mol. The first-order valence-corrected chi connectivity index (χ1v) is 12.8. The summed E-state index contributed by atoms with van der Waals surface area (Å²) in [4.78, 5) is 40.9. The quantitative estimate of drug-likeness (QED) is 0.215. The molecule has 33 heavy (non-hydrogen) atoms. The van der Waals surface area contributed by atoms with E-state index >= 15 is 0 Å². The molecular weight excluding hydrogens is 578 g/mol. The van der Waals surface area contributed by atoms with Crippen molar-refractivity contribution in [1.82, 2.24) is 0 Å². The number of amides is 2. The van der Waals surface area contributed by atoms with Gasteiger partial charge in [-0.2, -0.15) is 0 Å². The van der Waals surface area contributed by atoms with Crippen LogP contribution in [0.1, 0.15) is 12.0 Å². The number of imide groups is 1. The number of methoxy groups -OCH3 is 1. The number of hydrogen-bond donors (Lipinski definition) is 0. The van der Waals surface area contributed by atoms with Gasteiger partial charge < -0.3 is 9.47 Å².